The number of nitrogens with one attached hydrogen (secondary N) is 3. The number of benzene rings is 4. The highest BCUT2D eigenvalue weighted by Gasteiger charge is 2.16. The zero-order chi connectivity index (χ0) is 30.1. The van der Waals surface area contributed by atoms with Crippen molar-refractivity contribution < 1.29 is 19.3 Å². The van der Waals surface area contributed by atoms with E-state index in [9.17, 15) is 24.5 Å². The lowest BCUT2D eigenvalue weighted by atomic mass is 10.1. The van der Waals surface area contributed by atoms with Gasteiger partial charge in [0.25, 0.3) is 17.5 Å². The molecule has 0 radical (unpaired) electrons. The Morgan fingerprint density at radius 1 is 0.857 bits per heavy atom. The summed E-state index contributed by atoms with van der Waals surface area (Å²) in [5, 5.41) is 19.4. The molecule has 0 bridgehead atoms. The van der Waals surface area contributed by atoms with Gasteiger partial charge in [-0.25, -0.2) is 0 Å². The van der Waals surface area contributed by atoms with Gasteiger partial charge in [0, 0.05) is 34.0 Å². The maximum absolute atomic E-state index is 13.3. The molecule has 0 aliphatic heterocycles. The Bertz CT molecular complexity index is 1650. The van der Waals surface area contributed by atoms with Gasteiger partial charge in [0.2, 0.25) is 5.91 Å². The molecular weight excluding hydrogens is 552 g/mol. The number of rotatable bonds is 10. The summed E-state index contributed by atoms with van der Waals surface area (Å²) in [7, 11) is 0. The predicted octanol–water partition coefficient (Wildman–Crippen LogP) is 6.35. The zero-order valence-corrected chi connectivity index (χ0v) is 23.7. The second kappa shape index (κ2) is 13.9. The molecule has 0 aliphatic carbocycles. The highest BCUT2D eigenvalue weighted by atomic mass is 32.2. The van der Waals surface area contributed by atoms with E-state index in [1.165, 1.54) is 42.1 Å². The second-order valence-electron chi connectivity index (χ2n) is 9.36. The molecule has 0 aliphatic rings. The molecule has 0 unspecified atom stereocenters. The van der Waals surface area contributed by atoms with Crippen LogP contribution in [0.3, 0.4) is 0 Å². The van der Waals surface area contributed by atoms with Crippen LogP contribution in [0.25, 0.3) is 6.08 Å². The maximum Gasteiger partial charge on any atom is 0.272 e. The van der Waals surface area contributed by atoms with Crippen molar-refractivity contribution >= 4 is 52.6 Å². The van der Waals surface area contributed by atoms with Gasteiger partial charge in [-0.3, -0.25) is 24.5 Å². The first-order chi connectivity index (χ1) is 20.2. The molecule has 3 amide bonds. The minimum Gasteiger partial charge on any atom is -0.325 e. The van der Waals surface area contributed by atoms with Crippen molar-refractivity contribution in [3.05, 3.63) is 135 Å². The lowest BCUT2D eigenvalue weighted by Crippen LogP contribution is -2.30. The van der Waals surface area contributed by atoms with Crippen LogP contribution in [0.15, 0.2) is 108 Å². The Balaban J connectivity index is 1.47. The molecule has 10 heteroatoms. The fourth-order valence-corrected chi connectivity index (χ4v) is 4.62. The monoisotopic (exact) mass is 580 g/mol. The molecule has 0 spiro atoms. The van der Waals surface area contributed by atoms with Crippen LogP contribution >= 0.6 is 11.8 Å². The van der Waals surface area contributed by atoms with Crippen LogP contribution in [0.5, 0.6) is 0 Å². The van der Waals surface area contributed by atoms with Gasteiger partial charge >= 0.3 is 0 Å². The average Bonchev–Trinajstić information content (AvgIpc) is 2.98. The normalized spacial score (nSPS) is 11.0. The molecule has 0 saturated carbocycles. The molecule has 9 nitrogen and oxygen atoms in total. The maximum atomic E-state index is 13.3. The minimum absolute atomic E-state index is 0.0522. The number of nitro benzene ring substituents is 1. The van der Waals surface area contributed by atoms with Crippen molar-refractivity contribution in [1.29, 1.82) is 0 Å². The molecular formula is C32H28N4O5S. The lowest BCUT2D eigenvalue weighted by Gasteiger charge is -2.12. The number of thioether (sulfide) groups is 1. The van der Waals surface area contributed by atoms with Crippen molar-refractivity contribution in [3.8, 4) is 0 Å². The van der Waals surface area contributed by atoms with Crippen molar-refractivity contribution in [2.24, 2.45) is 0 Å². The van der Waals surface area contributed by atoms with E-state index < -0.39 is 16.7 Å². The SMILES string of the molecule is Cc1ccc(C)c(NC(=O)CSc2cccc(NC(=O)/C(=C\c3ccc([N+](=O)[O-])cc3)NC(=O)c3ccccc3)c2)c1. The van der Waals surface area contributed by atoms with Gasteiger partial charge in [-0.05, 0) is 85.1 Å². The topological polar surface area (TPSA) is 130 Å². The number of nitro groups is 1. The quantitative estimate of drug-likeness (QED) is 0.0867. The first-order valence-corrected chi connectivity index (χ1v) is 13.9. The summed E-state index contributed by atoms with van der Waals surface area (Å²) in [5.74, 6) is -1.06. The molecule has 0 heterocycles. The number of carbonyl (C=O) groups is 3. The first kappa shape index (κ1) is 29.8. The molecule has 0 atom stereocenters. The third-order valence-corrected chi connectivity index (χ3v) is 7.07. The van der Waals surface area contributed by atoms with E-state index in [0.29, 0.717) is 16.8 Å². The Morgan fingerprint density at radius 2 is 1.60 bits per heavy atom. The molecule has 4 rings (SSSR count). The largest absolute Gasteiger partial charge is 0.325 e. The van der Waals surface area contributed by atoms with Gasteiger partial charge in [-0.2, -0.15) is 0 Å². The standard InChI is InChI=1S/C32H28N4O5S/c1-21-11-12-22(2)28(17-21)34-30(37)20-42-27-10-6-9-25(19-27)33-32(39)29(35-31(38)24-7-4-3-5-8-24)18-23-13-15-26(16-14-23)36(40)41/h3-19H,20H2,1-2H3,(H,33,39)(H,34,37)(H,35,38)/b29-18+. The fourth-order valence-electron chi connectivity index (χ4n) is 3.87. The summed E-state index contributed by atoms with van der Waals surface area (Å²) in [6, 6.07) is 26.9. The van der Waals surface area contributed by atoms with Gasteiger partial charge in [-0.1, -0.05) is 36.4 Å². The van der Waals surface area contributed by atoms with E-state index >= 15 is 0 Å². The number of hydrogen-bond acceptors (Lipinski definition) is 6. The number of aryl methyl sites for hydroxylation is 2. The Hall–Kier alpha value is -5.22. The summed E-state index contributed by atoms with van der Waals surface area (Å²) in [6.07, 6.45) is 1.44. The molecule has 4 aromatic carbocycles. The van der Waals surface area contributed by atoms with E-state index in [1.807, 2.05) is 38.1 Å². The number of hydrogen-bond donors (Lipinski definition) is 3. The summed E-state index contributed by atoms with van der Waals surface area (Å²) >= 11 is 1.32. The van der Waals surface area contributed by atoms with Crippen LogP contribution in [0, 0.1) is 24.0 Å². The summed E-state index contributed by atoms with van der Waals surface area (Å²) in [6.45, 7) is 3.89. The van der Waals surface area contributed by atoms with Crippen molar-refractivity contribution in [2.75, 3.05) is 16.4 Å². The molecule has 0 fully saturated rings. The number of amides is 3. The van der Waals surface area contributed by atoms with Crippen molar-refractivity contribution in [3.63, 3.8) is 0 Å². The van der Waals surface area contributed by atoms with Gasteiger partial charge in [0.1, 0.15) is 5.70 Å². The highest BCUT2D eigenvalue weighted by molar-refractivity contribution is 8.00. The van der Waals surface area contributed by atoms with Crippen molar-refractivity contribution in [1.82, 2.24) is 5.32 Å². The van der Waals surface area contributed by atoms with Crippen LogP contribution in [0.1, 0.15) is 27.0 Å². The molecule has 0 aromatic heterocycles. The fraction of sp³-hybridized carbons (Fsp3) is 0.0938. The first-order valence-electron chi connectivity index (χ1n) is 12.9. The highest BCUT2D eigenvalue weighted by Crippen LogP contribution is 2.23. The van der Waals surface area contributed by atoms with Gasteiger partial charge in [0.15, 0.2) is 0 Å². The molecule has 0 saturated heterocycles. The number of carbonyl (C=O) groups excluding carboxylic acids is 3. The summed E-state index contributed by atoms with van der Waals surface area (Å²) in [5.41, 5.74) is 3.95. The third kappa shape index (κ3) is 8.39. The zero-order valence-electron chi connectivity index (χ0n) is 22.9. The Labute approximate surface area is 247 Å². The van der Waals surface area contributed by atoms with Crippen LogP contribution < -0.4 is 16.0 Å². The molecule has 4 aromatic rings. The van der Waals surface area contributed by atoms with Gasteiger partial charge in [0.05, 0.1) is 10.7 Å². The molecule has 42 heavy (non-hydrogen) atoms. The third-order valence-electron chi connectivity index (χ3n) is 6.07. The van der Waals surface area contributed by atoms with Gasteiger partial charge < -0.3 is 16.0 Å². The van der Waals surface area contributed by atoms with E-state index in [-0.39, 0.29) is 23.0 Å². The second-order valence-corrected chi connectivity index (χ2v) is 10.4. The van der Waals surface area contributed by atoms with Crippen LogP contribution in [-0.4, -0.2) is 28.4 Å². The van der Waals surface area contributed by atoms with Crippen LogP contribution in [0.4, 0.5) is 17.1 Å². The Kier molecular flexibility index (Phi) is 9.85. The minimum atomic E-state index is -0.590. The number of nitrogens with zero attached hydrogens (tertiary/aromatic N) is 1. The van der Waals surface area contributed by atoms with E-state index in [0.717, 1.165) is 21.7 Å². The summed E-state index contributed by atoms with van der Waals surface area (Å²) in [4.78, 5) is 50.0. The molecule has 3 N–H and O–H groups in total. The molecule has 212 valence electrons. The van der Waals surface area contributed by atoms with Crippen LogP contribution in [0.2, 0.25) is 0 Å². The predicted molar refractivity (Wildman–Crippen MR) is 165 cm³/mol. The summed E-state index contributed by atoms with van der Waals surface area (Å²) < 4.78 is 0. The smallest absolute Gasteiger partial charge is 0.272 e. The van der Waals surface area contributed by atoms with Crippen LogP contribution in [-0.2, 0) is 9.59 Å². The van der Waals surface area contributed by atoms with E-state index in [1.54, 1.807) is 48.5 Å². The number of anilines is 2. The number of non-ortho nitro benzene ring substituents is 1. The average molecular weight is 581 g/mol. The van der Waals surface area contributed by atoms with Gasteiger partial charge in [-0.15, -0.1) is 11.8 Å². The van der Waals surface area contributed by atoms with E-state index in [2.05, 4.69) is 16.0 Å². The Morgan fingerprint density at radius 3 is 2.31 bits per heavy atom. The lowest BCUT2D eigenvalue weighted by molar-refractivity contribution is -0.384. The van der Waals surface area contributed by atoms with Crippen molar-refractivity contribution in [2.45, 2.75) is 18.7 Å². The van der Waals surface area contributed by atoms with E-state index in [4.69, 9.17) is 0 Å².